The fraction of sp³-hybridized carbons (Fsp3) is 0.308. The number of aromatic amines is 1. The number of H-pyrrole nitrogens is 1. The first-order chi connectivity index (χ1) is 8.69. The van der Waals surface area contributed by atoms with Gasteiger partial charge >= 0.3 is 0 Å². The normalized spacial score (nSPS) is 12.6. The van der Waals surface area contributed by atoms with Gasteiger partial charge in [0.25, 0.3) is 0 Å². The molecule has 1 heterocycles. The van der Waals surface area contributed by atoms with E-state index in [0.29, 0.717) is 18.5 Å². The van der Waals surface area contributed by atoms with Gasteiger partial charge in [-0.25, -0.2) is 13.8 Å². The molecular formula is C13H15F2N3. The second-order valence-corrected chi connectivity index (χ2v) is 4.05. The standard InChI is InChI=1S/C13H15F2N3/c1-2-16-12(8-13-17-3-4-18-13)9-5-10(14)7-11(15)6-9/h3-7,12,16H,2,8H2,1H3,(H,17,18). The van der Waals surface area contributed by atoms with E-state index >= 15 is 0 Å². The highest BCUT2D eigenvalue weighted by Gasteiger charge is 2.14. The van der Waals surface area contributed by atoms with Crippen LogP contribution in [0.5, 0.6) is 0 Å². The number of nitrogens with one attached hydrogen (secondary N) is 2. The second kappa shape index (κ2) is 5.73. The number of hydrogen-bond acceptors (Lipinski definition) is 2. The Hall–Kier alpha value is -1.75. The minimum Gasteiger partial charge on any atom is -0.349 e. The molecule has 0 amide bonds. The zero-order valence-electron chi connectivity index (χ0n) is 10.1. The maximum absolute atomic E-state index is 13.2. The van der Waals surface area contributed by atoms with Crippen molar-refractivity contribution in [1.82, 2.24) is 15.3 Å². The molecule has 0 aliphatic heterocycles. The van der Waals surface area contributed by atoms with Gasteiger partial charge in [-0.3, -0.25) is 0 Å². The van der Waals surface area contributed by atoms with Crippen molar-refractivity contribution < 1.29 is 8.78 Å². The third-order valence-electron chi connectivity index (χ3n) is 2.69. The Morgan fingerprint density at radius 3 is 2.56 bits per heavy atom. The molecule has 1 unspecified atom stereocenters. The van der Waals surface area contributed by atoms with E-state index < -0.39 is 11.6 Å². The molecule has 0 fully saturated rings. The number of hydrogen-bond donors (Lipinski definition) is 2. The third-order valence-corrected chi connectivity index (χ3v) is 2.69. The van der Waals surface area contributed by atoms with Crippen molar-refractivity contribution in [3.05, 3.63) is 53.6 Å². The number of likely N-dealkylation sites (N-methyl/N-ethyl adjacent to an activating group) is 1. The number of benzene rings is 1. The van der Waals surface area contributed by atoms with Gasteiger partial charge in [-0.1, -0.05) is 6.92 Å². The fourth-order valence-corrected chi connectivity index (χ4v) is 1.93. The number of rotatable bonds is 5. The molecule has 0 saturated carbocycles. The van der Waals surface area contributed by atoms with E-state index in [9.17, 15) is 8.78 Å². The molecule has 0 aliphatic rings. The van der Waals surface area contributed by atoms with Crippen molar-refractivity contribution in [3.63, 3.8) is 0 Å². The Labute approximate surface area is 104 Å². The van der Waals surface area contributed by atoms with Gasteiger partial charge in [-0.2, -0.15) is 0 Å². The molecule has 0 spiro atoms. The maximum atomic E-state index is 13.2. The van der Waals surface area contributed by atoms with Gasteiger partial charge in [-0.15, -0.1) is 0 Å². The molecule has 3 nitrogen and oxygen atoms in total. The van der Waals surface area contributed by atoms with Gasteiger partial charge in [0, 0.05) is 30.9 Å². The van der Waals surface area contributed by atoms with Crippen molar-refractivity contribution in [1.29, 1.82) is 0 Å². The lowest BCUT2D eigenvalue weighted by Gasteiger charge is -2.17. The van der Waals surface area contributed by atoms with Crippen molar-refractivity contribution in [2.24, 2.45) is 0 Å². The van der Waals surface area contributed by atoms with Crippen LogP contribution in [0.4, 0.5) is 8.78 Å². The smallest absolute Gasteiger partial charge is 0.126 e. The van der Waals surface area contributed by atoms with Gasteiger partial charge in [0.15, 0.2) is 0 Å². The summed E-state index contributed by atoms with van der Waals surface area (Å²) < 4.78 is 26.4. The lowest BCUT2D eigenvalue weighted by atomic mass is 10.0. The van der Waals surface area contributed by atoms with Crippen LogP contribution in [0, 0.1) is 11.6 Å². The molecule has 0 aliphatic carbocycles. The molecule has 96 valence electrons. The highest BCUT2D eigenvalue weighted by molar-refractivity contribution is 5.22. The molecule has 5 heteroatoms. The Morgan fingerprint density at radius 1 is 1.28 bits per heavy atom. The van der Waals surface area contributed by atoms with Crippen molar-refractivity contribution in [2.45, 2.75) is 19.4 Å². The van der Waals surface area contributed by atoms with Crippen molar-refractivity contribution in [2.75, 3.05) is 6.54 Å². The van der Waals surface area contributed by atoms with Gasteiger partial charge in [-0.05, 0) is 24.2 Å². The summed E-state index contributed by atoms with van der Waals surface area (Å²) in [4.78, 5) is 7.11. The minimum absolute atomic E-state index is 0.161. The maximum Gasteiger partial charge on any atom is 0.126 e. The number of imidazole rings is 1. The SMILES string of the molecule is CCNC(Cc1ncc[nH]1)c1cc(F)cc(F)c1. The molecular weight excluding hydrogens is 236 g/mol. The summed E-state index contributed by atoms with van der Waals surface area (Å²) in [7, 11) is 0. The molecule has 0 bridgehead atoms. The van der Waals surface area contributed by atoms with Crippen LogP contribution < -0.4 is 5.32 Å². The molecule has 18 heavy (non-hydrogen) atoms. The molecule has 2 aromatic rings. The summed E-state index contributed by atoms with van der Waals surface area (Å²) in [6, 6.07) is 3.41. The lowest BCUT2D eigenvalue weighted by molar-refractivity contribution is 0.522. The molecule has 1 aromatic carbocycles. The van der Waals surface area contributed by atoms with Gasteiger partial charge in [0.1, 0.15) is 17.5 Å². The second-order valence-electron chi connectivity index (χ2n) is 4.05. The summed E-state index contributed by atoms with van der Waals surface area (Å²) in [6.07, 6.45) is 3.94. The Balaban J connectivity index is 2.23. The van der Waals surface area contributed by atoms with E-state index in [1.54, 1.807) is 12.4 Å². The van der Waals surface area contributed by atoms with E-state index in [0.717, 1.165) is 11.9 Å². The largest absolute Gasteiger partial charge is 0.349 e. The van der Waals surface area contributed by atoms with Crippen LogP contribution in [0.25, 0.3) is 0 Å². The summed E-state index contributed by atoms with van der Waals surface area (Å²) in [6.45, 7) is 2.66. The van der Waals surface area contributed by atoms with Crippen LogP contribution in [0.1, 0.15) is 24.4 Å². The first-order valence-electron chi connectivity index (χ1n) is 5.86. The molecule has 2 rings (SSSR count). The number of nitrogens with zero attached hydrogens (tertiary/aromatic N) is 1. The summed E-state index contributed by atoms with van der Waals surface area (Å²) in [5.41, 5.74) is 0.589. The molecule has 0 saturated heterocycles. The van der Waals surface area contributed by atoms with E-state index in [1.165, 1.54) is 12.1 Å². The number of aromatic nitrogens is 2. The zero-order chi connectivity index (χ0) is 13.0. The highest BCUT2D eigenvalue weighted by Crippen LogP contribution is 2.19. The Bertz CT molecular complexity index is 477. The third kappa shape index (κ3) is 3.13. The Kier molecular flexibility index (Phi) is 4.04. The van der Waals surface area contributed by atoms with Gasteiger partial charge < -0.3 is 10.3 Å². The van der Waals surface area contributed by atoms with Crippen LogP contribution in [-0.4, -0.2) is 16.5 Å². The average molecular weight is 251 g/mol. The van der Waals surface area contributed by atoms with Crippen LogP contribution in [-0.2, 0) is 6.42 Å². The highest BCUT2D eigenvalue weighted by atomic mass is 19.1. The molecule has 1 aromatic heterocycles. The first-order valence-corrected chi connectivity index (χ1v) is 5.86. The van der Waals surface area contributed by atoms with Crippen LogP contribution in [0.2, 0.25) is 0 Å². The molecule has 0 radical (unpaired) electrons. The predicted octanol–water partition coefficient (Wildman–Crippen LogP) is 2.58. The first kappa shape index (κ1) is 12.7. The summed E-state index contributed by atoms with van der Waals surface area (Å²) >= 11 is 0. The quantitative estimate of drug-likeness (QED) is 0.857. The topological polar surface area (TPSA) is 40.7 Å². The summed E-state index contributed by atoms with van der Waals surface area (Å²) in [5, 5.41) is 3.20. The minimum atomic E-state index is -0.563. The fourth-order valence-electron chi connectivity index (χ4n) is 1.93. The monoisotopic (exact) mass is 251 g/mol. The van der Waals surface area contributed by atoms with Crippen LogP contribution in [0.3, 0.4) is 0 Å². The average Bonchev–Trinajstić information content (AvgIpc) is 2.80. The van der Waals surface area contributed by atoms with E-state index in [-0.39, 0.29) is 6.04 Å². The number of halogens is 2. The van der Waals surface area contributed by atoms with Gasteiger partial charge in [0.05, 0.1) is 0 Å². The van der Waals surface area contributed by atoms with Crippen LogP contribution in [0.15, 0.2) is 30.6 Å². The van der Waals surface area contributed by atoms with E-state index in [4.69, 9.17) is 0 Å². The van der Waals surface area contributed by atoms with Crippen LogP contribution >= 0.6 is 0 Å². The molecule has 2 N–H and O–H groups in total. The van der Waals surface area contributed by atoms with Crippen molar-refractivity contribution in [3.8, 4) is 0 Å². The zero-order valence-corrected chi connectivity index (χ0v) is 10.1. The van der Waals surface area contributed by atoms with E-state index in [2.05, 4.69) is 15.3 Å². The van der Waals surface area contributed by atoms with Gasteiger partial charge in [0.2, 0.25) is 0 Å². The predicted molar refractivity (Wildman–Crippen MR) is 65.1 cm³/mol. The lowest BCUT2D eigenvalue weighted by Crippen LogP contribution is -2.23. The summed E-state index contributed by atoms with van der Waals surface area (Å²) in [5.74, 6) is -0.342. The molecule has 1 atom stereocenters. The van der Waals surface area contributed by atoms with Crippen molar-refractivity contribution >= 4 is 0 Å². The Morgan fingerprint density at radius 2 is 2.00 bits per heavy atom. The van der Waals surface area contributed by atoms with E-state index in [1.807, 2.05) is 6.92 Å².